The van der Waals surface area contributed by atoms with E-state index < -0.39 is 145 Å². The Labute approximate surface area is 372 Å². The minimum Gasteiger partial charge on any atom is -0.462 e. The van der Waals surface area contributed by atoms with Crippen LogP contribution in [0.15, 0.2) is 29.3 Å². The highest BCUT2D eigenvalue weighted by molar-refractivity contribution is 7.99. The van der Waals surface area contributed by atoms with E-state index in [-0.39, 0.29) is 18.6 Å². The number of nitrogens with zero attached hydrogens (tertiary/aromatic N) is 1. The molecule has 5 rings (SSSR count). The zero-order valence-electron chi connectivity index (χ0n) is 36.1. The third-order valence-corrected chi connectivity index (χ3v) is 12.7. The molecule has 3 aliphatic rings. The molecule has 1 fully saturated rings. The van der Waals surface area contributed by atoms with Crippen LogP contribution in [0, 0.1) is 11.8 Å². The maximum atomic E-state index is 14.6. The SMILES string of the molecule is CC[C@H](C)[C@@H]1NC(=O)CNC(=O)C2Cc3c([nH]c4ccccc34)SCC(NC(=O)CNC1=O)C(=O)NC(CC(N)=O)C(=O)N1C[C@H](O)C[C@H]1C(=O)N[C@@H]([C@@H](C)[C@H](C)OC(C)=O)C(=O)N2. The predicted molar refractivity (Wildman–Crippen MR) is 228 cm³/mol. The van der Waals surface area contributed by atoms with Crippen LogP contribution in [0.1, 0.15) is 59.4 Å². The molecule has 23 heteroatoms. The van der Waals surface area contributed by atoms with Gasteiger partial charge in [0.25, 0.3) is 0 Å². The van der Waals surface area contributed by atoms with Crippen molar-refractivity contribution >= 4 is 81.8 Å². The molecule has 0 spiro atoms. The molecule has 0 saturated carbocycles. The van der Waals surface area contributed by atoms with Crippen LogP contribution >= 0.6 is 11.8 Å². The second-order valence-electron chi connectivity index (χ2n) is 16.3. The summed E-state index contributed by atoms with van der Waals surface area (Å²) in [6.07, 6.45) is -3.16. The molecular formula is C41H56N10O12S. The zero-order valence-corrected chi connectivity index (χ0v) is 36.9. The number of carbonyl (C=O) groups excluding carboxylic acids is 10. The summed E-state index contributed by atoms with van der Waals surface area (Å²) in [6, 6.07) is -1.84. The number of aliphatic hydroxyl groups excluding tert-OH is 1. The van der Waals surface area contributed by atoms with Gasteiger partial charge in [-0.15, -0.1) is 11.8 Å². The van der Waals surface area contributed by atoms with Gasteiger partial charge in [0.05, 0.1) is 30.6 Å². The number of carbonyl (C=O) groups is 10. The van der Waals surface area contributed by atoms with Crippen LogP contribution in [-0.2, 0) is 59.1 Å². The van der Waals surface area contributed by atoms with Crippen LogP contribution in [0.4, 0.5) is 0 Å². The fourth-order valence-electron chi connectivity index (χ4n) is 7.77. The van der Waals surface area contributed by atoms with Crippen LogP contribution in [0.3, 0.4) is 0 Å². The second kappa shape index (κ2) is 21.4. The smallest absolute Gasteiger partial charge is 0.302 e. The zero-order chi connectivity index (χ0) is 47.0. The first-order chi connectivity index (χ1) is 30.3. The Balaban J connectivity index is 1.69. The summed E-state index contributed by atoms with van der Waals surface area (Å²) >= 11 is 1.04. The Morgan fingerprint density at radius 1 is 0.844 bits per heavy atom. The number of nitrogens with two attached hydrogens (primary N) is 1. The van der Waals surface area contributed by atoms with Gasteiger partial charge in [-0.25, -0.2) is 0 Å². The fourth-order valence-corrected chi connectivity index (χ4v) is 8.89. The van der Waals surface area contributed by atoms with E-state index >= 15 is 0 Å². The van der Waals surface area contributed by atoms with E-state index in [1.807, 2.05) is 0 Å². The number of aromatic nitrogens is 1. The lowest BCUT2D eigenvalue weighted by atomic mass is 9.94. The number of hydrogen-bond donors (Lipinski definition) is 10. The van der Waals surface area contributed by atoms with E-state index in [0.717, 1.165) is 23.6 Å². The largest absolute Gasteiger partial charge is 0.462 e. The summed E-state index contributed by atoms with van der Waals surface area (Å²) in [4.78, 5) is 141. The molecule has 2 bridgehead atoms. The van der Waals surface area contributed by atoms with Gasteiger partial charge in [0.2, 0.25) is 53.2 Å². The fraction of sp³-hybridized carbons (Fsp3) is 0.561. The number of hydrogen-bond acceptors (Lipinski definition) is 13. The van der Waals surface area contributed by atoms with Gasteiger partial charge < -0.3 is 62.7 Å². The number of ether oxygens (including phenoxy) is 1. The molecule has 3 aliphatic heterocycles. The number of rotatable bonds is 7. The number of fused-ring (bicyclic) bond motifs is 5. The molecule has 2 aromatic rings. The highest BCUT2D eigenvalue weighted by Gasteiger charge is 2.45. The van der Waals surface area contributed by atoms with Crippen molar-refractivity contribution in [1.82, 2.24) is 47.1 Å². The van der Waals surface area contributed by atoms with E-state index in [1.165, 1.54) is 13.8 Å². The van der Waals surface area contributed by atoms with Gasteiger partial charge >= 0.3 is 5.97 Å². The second-order valence-corrected chi connectivity index (χ2v) is 17.4. The van der Waals surface area contributed by atoms with Gasteiger partial charge in [-0.2, -0.15) is 0 Å². The van der Waals surface area contributed by atoms with E-state index in [0.29, 0.717) is 27.9 Å². The first-order valence-corrected chi connectivity index (χ1v) is 22.0. The van der Waals surface area contributed by atoms with E-state index in [9.17, 15) is 53.1 Å². The van der Waals surface area contributed by atoms with Crippen LogP contribution in [0.2, 0.25) is 0 Å². The van der Waals surface area contributed by atoms with Crippen molar-refractivity contribution in [2.45, 2.75) is 114 Å². The molecule has 0 radical (unpaired) electrons. The van der Waals surface area contributed by atoms with Gasteiger partial charge in [-0.3, -0.25) is 47.9 Å². The molecule has 10 atom stereocenters. The van der Waals surface area contributed by atoms with Gasteiger partial charge in [0, 0.05) is 48.9 Å². The molecule has 64 heavy (non-hydrogen) atoms. The highest BCUT2D eigenvalue weighted by Crippen LogP contribution is 2.32. The molecule has 9 amide bonds. The van der Waals surface area contributed by atoms with Crippen LogP contribution in [0.25, 0.3) is 10.9 Å². The Morgan fingerprint density at radius 3 is 2.19 bits per heavy atom. The van der Waals surface area contributed by atoms with E-state index in [4.69, 9.17) is 10.5 Å². The topological polar surface area (TPSA) is 329 Å². The van der Waals surface area contributed by atoms with Crippen molar-refractivity contribution in [3.8, 4) is 0 Å². The number of nitrogens with one attached hydrogen (secondary N) is 8. The van der Waals surface area contributed by atoms with Gasteiger partial charge in [-0.05, 0) is 24.5 Å². The van der Waals surface area contributed by atoms with Crippen molar-refractivity contribution < 1.29 is 57.8 Å². The number of thioether (sulfide) groups is 1. The summed E-state index contributed by atoms with van der Waals surface area (Å²) in [7, 11) is 0. The lowest BCUT2D eigenvalue weighted by Gasteiger charge is -2.33. The minimum absolute atomic E-state index is 0.237. The summed E-state index contributed by atoms with van der Waals surface area (Å²) in [5, 5.41) is 29.8. The molecule has 1 aromatic heterocycles. The molecule has 11 N–H and O–H groups in total. The number of benzene rings is 1. The van der Waals surface area contributed by atoms with Crippen LogP contribution in [0.5, 0.6) is 0 Å². The predicted octanol–water partition coefficient (Wildman–Crippen LogP) is -3.04. The molecule has 22 nitrogen and oxygen atoms in total. The number of amides is 9. The number of H-pyrrole nitrogens is 1. The van der Waals surface area contributed by atoms with Crippen molar-refractivity contribution in [3.05, 3.63) is 29.8 Å². The monoisotopic (exact) mass is 912 g/mol. The first-order valence-electron chi connectivity index (χ1n) is 21.0. The van der Waals surface area contributed by atoms with Gasteiger partial charge in [0.1, 0.15) is 42.4 Å². The normalized spacial score (nSPS) is 27.2. The lowest BCUT2D eigenvalue weighted by Crippen LogP contribution is -2.62. The lowest BCUT2D eigenvalue weighted by molar-refractivity contribution is -0.150. The van der Waals surface area contributed by atoms with Crippen LogP contribution < -0.4 is 43.0 Å². The number of primary amides is 1. The molecule has 0 aliphatic carbocycles. The summed E-state index contributed by atoms with van der Waals surface area (Å²) in [5.74, 6) is -10.4. The molecule has 3 unspecified atom stereocenters. The van der Waals surface area contributed by atoms with Crippen molar-refractivity contribution in [2.24, 2.45) is 17.6 Å². The summed E-state index contributed by atoms with van der Waals surface area (Å²) in [5.41, 5.74) is 6.60. The third-order valence-electron chi connectivity index (χ3n) is 11.6. The Kier molecular flexibility index (Phi) is 16.3. The van der Waals surface area contributed by atoms with Crippen molar-refractivity contribution in [2.75, 3.05) is 25.4 Å². The Bertz CT molecular complexity index is 2170. The third kappa shape index (κ3) is 12.1. The number of para-hydroxylation sites is 1. The first kappa shape index (κ1) is 48.8. The maximum absolute atomic E-state index is 14.6. The quantitative estimate of drug-likeness (QED) is 0.124. The minimum atomic E-state index is -1.70. The van der Waals surface area contributed by atoms with Crippen LogP contribution in [-0.4, -0.2) is 148 Å². The molecule has 1 saturated heterocycles. The van der Waals surface area contributed by atoms with Crippen molar-refractivity contribution in [3.63, 3.8) is 0 Å². The molecular weight excluding hydrogens is 857 g/mol. The van der Waals surface area contributed by atoms with E-state index in [1.54, 1.807) is 38.1 Å². The number of aliphatic hydroxyl groups is 1. The Hall–Kier alpha value is -6.23. The molecule has 348 valence electrons. The van der Waals surface area contributed by atoms with Gasteiger partial charge in [0.15, 0.2) is 0 Å². The maximum Gasteiger partial charge on any atom is 0.302 e. The number of aromatic amines is 1. The Morgan fingerprint density at radius 2 is 1.52 bits per heavy atom. The molecule has 1 aromatic carbocycles. The van der Waals surface area contributed by atoms with Crippen molar-refractivity contribution in [1.29, 1.82) is 0 Å². The number of esters is 1. The summed E-state index contributed by atoms with van der Waals surface area (Å²) < 4.78 is 5.39. The average Bonchev–Trinajstić information content (AvgIpc) is 3.81. The van der Waals surface area contributed by atoms with E-state index in [2.05, 4.69) is 42.2 Å². The molecule has 4 heterocycles. The average molecular weight is 913 g/mol. The summed E-state index contributed by atoms with van der Waals surface area (Å²) in [6.45, 7) is 5.93. The van der Waals surface area contributed by atoms with Gasteiger partial charge in [-0.1, -0.05) is 45.4 Å². The highest BCUT2D eigenvalue weighted by atomic mass is 32.2. The standard InChI is InChI=1S/C41H56N10O12S/c1-6-18(2)33-38(60)44-14-31(55)45-28-17-64-40-24(23-9-7-8-10-25(23)48-40)12-26(35(57)43-15-32(56)49-33)46-39(61)34(19(3)20(4)63-21(5)52)50-37(59)29-11-22(53)16-51(29)41(62)27(13-30(42)54)47-36(28)58/h7-10,18-20,22,26-29,33-34,48,53H,6,11-17H2,1-5H3,(H2,42,54)(H,43,57)(H,44,60)(H,45,55)(H,46,61)(H,47,58)(H,49,56)(H,50,59)/t18-,19-,20-,22+,26?,27?,28?,29-,33-,34-/m0/s1.